The third kappa shape index (κ3) is 4.12. The smallest absolute Gasteiger partial charge is 0.438 e. The van der Waals surface area contributed by atoms with Crippen molar-refractivity contribution in [2.24, 2.45) is 5.10 Å². The van der Waals surface area contributed by atoms with Gasteiger partial charge in [-0.3, -0.25) is 4.79 Å². The van der Waals surface area contributed by atoms with Gasteiger partial charge < -0.3 is 9.84 Å². The molecule has 2 aromatic rings. The van der Waals surface area contributed by atoms with Crippen molar-refractivity contribution in [1.29, 1.82) is 0 Å². The molecular weight excluding hydrogens is 385 g/mol. The van der Waals surface area contributed by atoms with Gasteiger partial charge in [0.15, 0.2) is 0 Å². The largest absolute Gasteiger partial charge is 0.497 e. The number of ether oxygens (including phenoxy) is 1. The first-order valence-electron chi connectivity index (χ1n) is 9.10. The maximum Gasteiger partial charge on any atom is 0.438 e. The second kappa shape index (κ2) is 7.87. The Bertz CT molecular complexity index is 908. The summed E-state index contributed by atoms with van der Waals surface area (Å²) in [4.78, 5) is 12.6. The van der Waals surface area contributed by atoms with E-state index in [1.54, 1.807) is 48.5 Å². The van der Waals surface area contributed by atoms with Crippen LogP contribution < -0.4 is 4.74 Å². The number of rotatable bonds is 5. The maximum atomic E-state index is 13.7. The van der Waals surface area contributed by atoms with E-state index in [1.165, 1.54) is 7.11 Å². The summed E-state index contributed by atoms with van der Waals surface area (Å²) >= 11 is 0. The Morgan fingerprint density at radius 2 is 1.72 bits per heavy atom. The summed E-state index contributed by atoms with van der Waals surface area (Å²) in [5.74, 6) is -0.389. The number of aliphatic hydroxyl groups is 1. The number of hydrogen-bond donors (Lipinski definition) is 1. The fourth-order valence-corrected chi connectivity index (χ4v) is 3.12. The number of carbonyl (C=O) groups is 1. The molecule has 0 fully saturated rings. The average molecular weight is 406 g/mol. The zero-order valence-corrected chi connectivity index (χ0v) is 16.0. The molecule has 154 valence electrons. The molecule has 5 nitrogen and oxygen atoms in total. The lowest BCUT2D eigenvalue weighted by molar-refractivity contribution is -0.302. The monoisotopic (exact) mass is 406 g/mol. The molecule has 3 rings (SSSR count). The molecule has 0 saturated carbocycles. The Morgan fingerprint density at radius 3 is 2.24 bits per heavy atom. The van der Waals surface area contributed by atoms with E-state index >= 15 is 0 Å². The molecule has 1 N–H and O–H groups in total. The van der Waals surface area contributed by atoms with Crippen molar-refractivity contribution in [3.8, 4) is 5.75 Å². The topological polar surface area (TPSA) is 62.1 Å². The van der Waals surface area contributed by atoms with E-state index in [0.717, 1.165) is 12.0 Å². The summed E-state index contributed by atoms with van der Waals surface area (Å²) in [6.07, 6.45) is -5.44. The molecule has 0 bridgehead atoms. The Kier molecular flexibility index (Phi) is 5.66. The number of hydrazone groups is 1. The number of alkyl halides is 3. The number of methoxy groups -OCH3 is 1. The predicted octanol–water partition coefficient (Wildman–Crippen LogP) is 3.69. The molecule has 8 heteroatoms. The van der Waals surface area contributed by atoms with Gasteiger partial charge in [-0.2, -0.15) is 23.3 Å². The molecule has 29 heavy (non-hydrogen) atoms. The quantitative estimate of drug-likeness (QED) is 0.824. The van der Waals surface area contributed by atoms with Crippen LogP contribution in [0.2, 0.25) is 0 Å². The van der Waals surface area contributed by atoms with Crippen LogP contribution in [-0.2, 0) is 17.6 Å². The summed E-state index contributed by atoms with van der Waals surface area (Å²) < 4.78 is 46.0. The van der Waals surface area contributed by atoms with E-state index < -0.39 is 24.2 Å². The normalized spacial score (nSPS) is 19.2. The van der Waals surface area contributed by atoms with Crippen molar-refractivity contribution in [2.75, 3.05) is 7.11 Å². The van der Waals surface area contributed by atoms with Crippen LogP contribution in [0.25, 0.3) is 0 Å². The molecule has 0 aromatic heterocycles. The van der Waals surface area contributed by atoms with E-state index in [2.05, 4.69) is 5.10 Å². The highest BCUT2D eigenvalue weighted by Crippen LogP contribution is 2.41. The fraction of sp³-hybridized carbons (Fsp3) is 0.333. The van der Waals surface area contributed by atoms with Crippen molar-refractivity contribution in [3.05, 3.63) is 65.2 Å². The molecule has 0 saturated heterocycles. The molecule has 1 atom stereocenters. The Hall–Kier alpha value is -2.87. The fourth-order valence-electron chi connectivity index (χ4n) is 3.12. The van der Waals surface area contributed by atoms with Crippen LogP contribution in [0.5, 0.6) is 5.75 Å². The van der Waals surface area contributed by atoms with Gasteiger partial charge in [-0.15, -0.1) is 0 Å². The molecule has 0 aliphatic carbocycles. The van der Waals surface area contributed by atoms with Gasteiger partial charge in [0.25, 0.3) is 5.72 Å². The van der Waals surface area contributed by atoms with Crippen LogP contribution in [0.3, 0.4) is 0 Å². The third-order valence-corrected chi connectivity index (χ3v) is 4.89. The minimum Gasteiger partial charge on any atom is -0.497 e. The van der Waals surface area contributed by atoms with Crippen LogP contribution in [0.4, 0.5) is 13.2 Å². The van der Waals surface area contributed by atoms with E-state index in [0.29, 0.717) is 16.9 Å². The van der Waals surface area contributed by atoms with E-state index in [-0.39, 0.29) is 17.1 Å². The zero-order chi connectivity index (χ0) is 21.2. The van der Waals surface area contributed by atoms with Crippen molar-refractivity contribution in [3.63, 3.8) is 0 Å². The van der Waals surface area contributed by atoms with Gasteiger partial charge in [0.1, 0.15) is 5.75 Å². The van der Waals surface area contributed by atoms with Crippen LogP contribution in [0.15, 0.2) is 53.6 Å². The summed E-state index contributed by atoms with van der Waals surface area (Å²) in [7, 11) is 1.48. The van der Waals surface area contributed by atoms with E-state index in [9.17, 15) is 23.1 Å². The van der Waals surface area contributed by atoms with Gasteiger partial charge >= 0.3 is 6.18 Å². The molecule has 0 unspecified atom stereocenters. The summed E-state index contributed by atoms with van der Waals surface area (Å²) in [6.45, 7) is 1.96. The number of halogens is 3. The first-order chi connectivity index (χ1) is 13.7. The van der Waals surface area contributed by atoms with Gasteiger partial charge in [-0.25, -0.2) is 0 Å². The van der Waals surface area contributed by atoms with Crippen molar-refractivity contribution < 1.29 is 27.8 Å². The minimum atomic E-state index is -5.06. The van der Waals surface area contributed by atoms with E-state index in [1.807, 2.05) is 6.92 Å². The summed E-state index contributed by atoms with van der Waals surface area (Å²) in [6, 6.07) is 13.2. The van der Waals surface area contributed by atoms with Crippen LogP contribution >= 0.6 is 0 Å². The minimum absolute atomic E-state index is 0.00978. The standard InChI is InChI=1S/C21H21F3N2O3/c1-3-14-4-8-16(9-5-14)18-13-20(28,21(22,23)24)26(25-18)19(27)12-15-6-10-17(29-2)11-7-15/h4-11,28H,3,12-13H2,1-2H3/t20-/m0/s1. The number of carbonyl (C=O) groups excluding carboxylic acids is 1. The van der Waals surface area contributed by atoms with Crippen LogP contribution in [0, 0.1) is 0 Å². The van der Waals surface area contributed by atoms with Gasteiger partial charge in [0.2, 0.25) is 5.91 Å². The predicted molar refractivity (Wildman–Crippen MR) is 102 cm³/mol. The number of hydrogen-bond acceptors (Lipinski definition) is 4. The number of benzene rings is 2. The van der Waals surface area contributed by atoms with Gasteiger partial charge in [-0.05, 0) is 35.2 Å². The molecule has 2 aromatic carbocycles. The molecule has 0 spiro atoms. The first kappa shape index (κ1) is 20.9. The molecule has 1 aliphatic rings. The van der Waals surface area contributed by atoms with Crippen molar-refractivity contribution in [2.45, 2.75) is 38.1 Å². The first-order valence-corrected chi connectivity index (χ1v) is 9.10. The number of nitrogens with zero attached hydrogens (tertiary/aromatic N) is 2. The Balaban J connectivity index is 1.90. The Labute approximate surface area is 166 Å². The van der Waals surface area contributed by atoms with Crippen LogP contribution in [0.1, 0.15) is 30.0 Å². The average Bonchev–Trinajstić information content (AvgIpc) is 3.07. The second-order valence-corrected chi connectivity index (χ2v) is 6.82. The summed E-state index contributed by atoms with van der Waals surface area (Å²) in [5, 5.41) is 14.4. The maximum absolute atomic E-state index is 13.7. The number of amides is 1. The third-order valence-electron chi connectivity index (χ3n) is 4.89. The summed E-state index contributed by atoms with van der Waals surface area (Å²) in [5.41, 5.74) is -1.43. The highest BCUT2D eigenvalue weighted by molar-refractivity contribution is 6.03. The Morgan fingerprint density at radius 1 is 1.14 bits per heavy atom. The van der Waals surface area contributed by atoms with Gasteiger partial charge in [0, 0.05) is 0 Å². The van der Waals surface area contributed by atoms with Gasteiger partial charge in [-0.1, -0.05) is 43.3 Å². The van der Waals surface area contributed by atoms with Crippen molar-refractivity contribution >= 4 is 11.6 Å². The molecule has 0 radical (unpaired) electrons. The van der Waals surface area contributed by atoms with E-state index in [4.69, 9.17) is 4.74 Å². The lowest BCUT2D eigenvalue weighted by Crippen LogP contribution is -2.57. The zero-order valence-electron chi connectivity index (χ0n) is 16.0. The lowest BCUT2D eigenvalue weighted by atomic mass is 9.99. The second-order valence-electron chi connectivity index (χ2n) is 6.82. The SMILES string of the molecule is CCc1ccc(C2=NN(C(=O)Cc3ccc(OC)cc3)[C@@](O)(C(F)(F)F)C2)cc1. The highest BCUT2D eigenvalue weighted by atomic mass is 19.4. The molecular formula is C21H21F3N2O3. The highest BCUT2D eigenvalue weighted by Gasteiger charge is 2.63. The van der Waals surface area contributed by atoms with Crippen LogP contribution in [-0.4, -0.2) is 40.7 Å². The molecule has 1 aliphatic heterocycles. The number of aryl methyl sites for hydroxylation is 1. The lowest BCUT2D eigenvalue weighted by Gasteiger charge is -2.32. The molecule has 1 heterocycles. The van der Waals surface area contributed by atoms with Gasteiger partial charge in [0.05, 0.1) is 25.7 Å². The van der Waals surface area contributed by atoms with Crippen molar-refractivity contribution in [1.82, 2.24) is 5.01 Å². The molecule has 1 amide bonds.